The zero-order chi connectivity index (χ0) is 24.1. The Morgan fingerprint density at radius 1 is 1.09 bits per heavy atom. The fourth-order valence-corrected chi connectivity index (χ4v) is 6.83. The second-order valence-corrected chi connectivity index (χ2v) is 11.5. The average Bonchev–Trinajstić information content (AvgIpc) is 3.40. The molecule has 2 heterocycles. The second kappa shape index (κ2) is 10.7. The van der Waals surface area contributed by atoms with Crippen molar-refractivity contribution < 1.29 is 22.7 Å². The van der Waals surface area contributed by atoms with Gasteiger partial charge in [-0.05, 0) is 66.6 Å². The maximum atomic E-state index is 13.3. The van der Waals surface area contributed by atoms with Gasteiger partial charge in [-0.3, -0.25) is 9.69 Å². The number of thiophene rings is 1. The van der Waals surface area contributed by atoms with E-state index in [0.717, 1.165) is 11.1 Å². The summed E-state index contributed by atoms with van der Waals surface area (Å²) in [5, 5.41) is 1.41. The minimum absolute atomic E-state index is 0.209. The molecule has 180 valence electrons. The summed E-state index contributed by atoms with van der Waals surface area (Å²) in [5.74, 6) is 0.232. The zero-order valence-corrected chi connectivity index (χ0v) is 21.0. The topological polar surface area (TPSA) is 72.9 Å². The number of carbonyl (C=O) groups excluding carboxylic acids is 1. The first-order valence-corrected chi connectivity index (χ1v) is 13.8. The molecule has 8 heteroatoms. The van der Waals surface area contributed by atoms with Gasteiger partial charge < -0.3 is 9.47 Å². The number of methoxy groups -OCH3 is 1. The molecule has 1 saturated heterocycles. The van der Waals surface area contributed by atoms with Gasteiger partial charge in [-0.1, -0.05) is 30.3 Å². The monoisotopic (exact) mass is 499 g/mol. The quantitative estimate of drug-likeness (QED) is 0.415. The van der Waals surface area contributed by atoms with Gasteiger partial charge in [-0.25, -0.2) is 8.42 Å². The van der Waals surface area contributed by atoms with Gasteiger partial charge in [0.25, 0.3) is 0 Å². The third kappa shape index (κ3) is 5.35. The van der Waals surface area contributed by atoms with E-state index in [9.17, 15) is 13.2 Å². The van der Waals surface area contributed by atoms with E-state index in [-0.39, 0.29) is 23.9 Å². The summed E-state index contributed by atoms with van der Waals surface area (Å²) in [5.41, 5.74) is 2.23. The molecule has 0 saturated carbocycles. The van der Waals surface area contributed by atoms with Crippen LogP contribution in [0, 0.1) is 0 Å². The molecule has 2 aromatic carbocycles. The van der Waals surface area contributed by atoms with E-state index in [1.165, 1.54) is 4.88 Å². The summed E-state index contributed by atoms with van der Waals surface area (Å²) >= 11 is 1.69. The Kier molecular flexibility index (Phi) is 7.70. The Balaban J connectivity index is 1.51. The molecule has 1 fully saturated rings. The molecule has 6 nitrogen and oxygen atoms in total. The number of rotatable bonds is 8. The predicted octanol–water partition coefficient (Wildman–Crippen LogP) is 4.79. The van der Waals surface area contributed by atoms with Gasteiger partial charge in [0.2, 0.25) is 0 Å². The van der Waals surface area contributed by atoms with Crippen molar-refractivity contribution in [2.45, 2.75) is 42.5 Å². The minimum atomic E-state index is -3.58. The van der Waals surface area contributed by atoms with Crippen molar-refractivity contribution in [3.63, 3.8) is 0 Å². The van der Waals surface area contributed by atoms with E-state index in [0.29, 0.717) is 25.3 Å². The van der Waals surface area contributed by atoms with Crippen LogP contribution in [0.3, 0.4) is 0 Å². The van der Waals surface area contributed by atoms with Gasteiger partial charge in [-0.2, -0.15) is 0 Å². The van der Waals surface area contributed by atoms with Crippen LogP contribution in [-0.4, -0.2) is 50.8 Å². The van der Waals surface area contributed by atoms with E-state index in [1.807, 2.05) is 11.0 Å². The van der Waals surface area contributed by atoms with Crippen LogP contribution in [0.15, 0.2) is 70.9 Å². The molecule has 3 aromatic rings. The Hall–Kier alpha value is -2.68. The summed E-state index contributed by atoms with van der Waals surface area (Å²) < 4.78 is 37.1. The summed E-state index contributed by atoms with van der Waals surface area (Å²) in [6.45, 7) is 3.08. The molecule has 0 radical (unpaired) electrons. The highest BCUT2D eigenvalue weighted by Crippen LogP contribution is 2.31. The molecule has 34 heavy (non-hydrogen) atoms. The third-order valence-corrected chi connectivity index (χ3v) is 9.35. The molecule has 0 N–H and O–H groups in total. The fourth-order valence-electron chi connectivity index (χ4n) is 4.35. The number of nitrogens with zero attached hydrogens (tertiary/aromatic N) is 1. The normalized spacial score (nSPS) is 19.0. The number of piperidine rings is 1. The van der Waals surface area contributed by atoms with Crippen molar-refractivity contribution in [1.82, 2.24) is 4.90 Å². The van der Waals surface area contributed by atoms with E-state index in [2.05, 4.69) is 35.7 Å². The van der Waals surface area contributed by atoms with Gasteiger partial charge >= 0.3 is 5.97 Å². The summed E-state index contributed by atoms with van der Waals surface area (Å²) in [7, 11) is -2.04. The van der Waals surface area contributed by atoms with Gasteiger partial charge in [0.15, 0.2) is 9.84 Å². The first-order valence-electron chi connectivity index (χ1n) is 11.3. The number of hydrogen-bond donors (Lipinski definition) is 0. The predicted molar refractivity (Wildman–Crippen MR) is 134 cm³/mol. The molecule has 1 aromatic heterocycles. The van der Waals surface area contributed by atoms with Gasteiger partial charge in [-0.15, -0.1) is 11.3 Å². The molecular weight excluding hydrogens is 470 g/mol. The van der Waals surface area contributed by atoms with Gasteiger partial charge in [0.05, 0.1) is 23.9 Å². The molecule has 0 bridgehead atoms. The number of esters is 1. The highest BCUT2D eigenvalue weighted by Gasteiger charge is 2.40. The molecule has 2 unspecified atom stereocenters. The highest BCUT2D eigenvalue weighted by molar-refractivity contribution is 7.92. The Labute approximate surface area is 205 Å². The molecule has 1 aliphatic heterocycles. The van der Waals surface area contributed by atoms with Crippen LogP contribution in [0.4, 0.5) is 0 Å². The first-order chi connectivity index (χ1) is 16.4. The van der Waals surface area contributed by atoms with Crippen molar-refractivity contribution in [2.75, 3.05) is 20.3 Å². The SMILES string of the molecule is CCOC(=O)C1CC(S(=O)(=O)c2ccc(OC)cc2)CCN1Cc1ccc(-c2cccs2)cc1. The first kappa shape index (κ1) is 24.4. The lowest BCUT2D eigenvalue weighted by molar-refractivity contribution is -0.151. The molecule has 0 amide bonds. The number of benzene rings is 2. The Morgan fingerprint density at radius 3 is 2.44 bits per heavy atom. The fraction of sp³-hybridized carbons (Fsp3) is 0.346. The van der Waals surface area contributed by atoms with Crippen LogP contribution in [0.1, 0.15) is 25.3 Å². The highest BCUT2D eigenvalue weighted by atomic mass is 32.2. The molecule has 4 rings (SSSR count). The number of carbonyl (C=O) groups is 1. The van der Waals surface area contributed by atoms with Crippen molar-refractivity contribution in [3.8, 4) is 16.2 Å². The Morgan fingerprint density at radius 2 is 1.82 bits per heavy atom. The van der Waals surface area contributed by atoms with Crippen LogP contribution < -0.4 is 4.74 Å². The summed E-state index contributed by atoms with van der Waals surface area (Å²) in [6, 6.07) is 18.2. The van der Waals surface area contributed by atoms with Crippen molar-refractivity contribution in [2.24, 2.45) is 0 Å². The van der Waals surface area contributed by atoms with Crippen molar-refractivity contribution >= 4 is 27.1 Å². The van der Waals surface area contributed by atoms with E-state index < -0.39 is 21.1 Å². The number of sulfone groups is 1. The lowest BCUT2D eigenvalue weighted by Gasteiger charge is -2.37. The van der Waals surface area contributed by atoms with Crippen LogP contribution in [0.25, 0.3) is 10.4 Å². The number of hydrogen-bond acceptors (Lipinski definition) is 7. The van der Waals surface area contributed by atoms with Crippen LogP contribution in [-0.2, 0) is 25.9 Å². The van der Waals surface area contributed by atoms with Crippen molar-refractivity contribution in [3.05, 3.63) is 71.6 Å². The Bertz CT molecular complexity index is 1190. The smallest absolute Gasteiger partial charge is 0.323 e. The minimum Gasteiger partial charge on any atom is -0.497 e. The average molecular weight is 500 g/mol. The van der Waals surface area contributed by atoms with Gasteiger partial charge in [0, 0.05) is 18.0 Å². The standard InChI is InChI=1S/C26H29NO5S2/c1-3-32-26(28)24-17-23(34(29,30)22-12-10-21(31-2)11-13-22)14-15-27(24)18-19-6-8-20(9-7-19)25-5-4-16-33-25/h4-13,16,23-24H,3,14-15,17-18H2,1-2H3. The lowest BCUT2D eigenvalue weighted by Crippen LogP contribution is -2.50. The number of ether oxygens (including phenoxy) is 2. The maximum absolute atomic E-state index is 13.3. The molecule has 2 atom stereocenters. The lowest BCUT2D eigenvalue weighted by atomic mass is 10.00. The van der Waals surface area contributed by atoms with E-state index >= 15 is 0 Å². The van der Waals surface area contributed by atoms with Crippen LogP contribution >= 0.6 is 11.3 Å². The van der Waals surface area contributed by atoms with Crippen LogP contribution in [0.2, 0.25) is 0 Å². The van der Waals surface area contributed by atoms with Crippen LogP contribution in [0.5, 0.6) is 5.75 Å². The van der Waals surface area contributed by atoms with E-state index in [1.54, 1.807) is 49.6 Å². The maximum Gasteiger partial charge on any atom is 0.323 e. The molecule has 0 spiro atoms. The summed E-state index contributed by atoms with van der Waals surface area (Å²) in [6.07, 6.45) is 0.665. The molecular formula is C26H29NO5S2. The largest absolute Gasteiger partial charge is 0.497 e. The molecule has 1 aliphatic rings. The summed E-state index contributed by atoms with van der Waals surface area (Å²) in [4.78, 5) is 16.3. The van der Waals surface area contributed by atoms with Gasteiger partial charge in [0.1, 0.15) is 11.8 Å². The second-order valence-electron chi connectivity index (χ2n) is 8.28. The zero-order valence-electron chi connectivity index (χ0n) is 19.3. The van der Waals surface area contributed by atoms with E-state index in [4.69, 9.17) is 9.47 Å². The molecule has 0 aliphatic carbocycles. The third-order valence-electron chi connectivity index (χ3n) is 6.20. The van der Waals surface area contributed by atoms with Crippen molar-refractivity contribution in [1.29, 1.82) is 0 Å². The number of likely N-dealkylation sites (tertiary alicyclic amines) is 1.